The molecule has 236 valence electrons. The van der Waals surface area contributed by atoms with E-state index in [2.05, 4.69) is 10.6 Å². The lowest BCUT2D eigenvalue weighted by atomic mass is 9.99. The topological polar surface area (TPSA) is 147 Å². The van der Waals surface area contributed by atoms with E-state index in [1.54, 1.807) is 14.1 Å². The van der Waals surface area contributed by atoms with Crippen LogP contribution in [-0.4, -0.2) is 81.4 Å². The summed E-state index contributed by atoms with van der Waals surface area (Å²) in [5, 5.41) is 26.5. The molecule has 3 aromatic carbocycles. The lowest BCUT2D eigenvalue weighted by molar-refractivity contribution is 0.0192. The number of ether oxygens (including phenoxy) is 3. The van der Waals surface area contributed by atoms with Gasteiger partial charge in [-0.1, -0.05) is 12.1 Å². The zero-order chi connectivity index (χ0) is 31.3. The molecule has 1 aliphatic rings. The number of carbonyl (C=O) groups is 3. The number of aromatic hydroxyl groups is 2. The molecule has 1 heterocycles. The number of methoxy groups -OCH3 is 2. The van der Waals surface area contributed by atoms with Crippen LogP contribution in [0.5, 0.6) is 23.0 Å². The number of nitrogens with one attached hydrogen (secondary N) is 2. The van der Waals surface area contributed by atoms with E-state index in [1.807, 2.05) is 0 Å². The van der Waals surface area contributed by atoms with Crippen molar-refractivity contribution >= 4 is 35.8 Å². The number of amides is 1. The quantitative estimate of drug-likeness (QED) is 0.204. The van der Waals surface area contributed by atoms with Crippen LogP contribution in [-0.2, 0) is 4.74 Å². The van der Waals surface area contributed by atoms with Crippen LogP contribution < -0.4 is 25.0 Å². The number of hydrogen-bond donors (Lipinski definition) is 4. The number of halogens is 2. The van der Waals surface area contributed by atoms with Gasteiger partial charge in [0.1, 0.15) is 17.4 Å². The molecule has 3 aromatic rings. The minimum absolute atomic E-state index is 0. The number of benzene rings is 3. The number of hydrogen-bond acceptors (Lipinski definition) is 10. The van der Waals surface area contributed by atoms with Crippen molar-refractivity contribution in [2.45, 2.75) is 25.0 Å². The normalized spacial score (nSPS) is 16.1. The molecular formula is C31H35ClFN3O8. The summed E-state index contributed by atoms with van der Waals surface area (Å²) in [6, 6.07) is 10.3. The van der Waals surface area contributed by atoms with Crippen LogP contribution in [0.3, 0.4) is 0 Å². The third-order valence-electron chi connectivity index (χ3n) is 7.16. The average molecular weight is 632 g/mol. The third kappa shape index (κ3) is 7.32. The van der Waals surface area contributed by atoms with Gasteiger partial charge in [0, 0.05) is 31.8 Å². The maximum Gasteiger partial charge on any atom is 0.338 e. The highest BCUT2D eigenvalue weighted by Gasteiger charge is 2.30. The van der Waals surface area contributed by atoms with Crippen molar-refractivity contribution in [3.63, 3.8) is 0 Å². The van der Waals surface area contributed by atoms with E-state index in [9.17, 15) is 29.0 Å². The molecule has 0 unspecified atom stereocenters. The second-order valence-electron chi connectivity index (χ2n) is 10.2. The Kier molecular flexibility index (Phi) is 11.4. The van der Waals surface area contributed by atoms with E-state index >= 15 is 0 Å². The number of esters is 1. The zero-order valence-corrected chi connectivity index (χ0v) is 25.5. The van der Waals surface area contributed by atoms with E-state index in [1.165, 1.54) is 67.7 Å². The summed E-state index contributed by atoms with van der Waals surface area (Å²) in [6.45, 7) is 1.00. The number of ketones is 1. The average Bonchev–Trinajstić information content (AvgIpc) is 3.21. The second kappa shape index (κ2) is 14.8. The van der Waals surface area contributed by atoms with Gasteiger partial charge in [0.05, 0.1) is 31.5 Å². The molecule has 0 aliphatic carbocycles. The molecule has 2 atom stereocenters. The van der Waals surface area contributed by atoms with Crippen molar-refractivity contribution in [1.82, 2.24) is 10.6 Å². The van der Waals surface area contributed by atoms with Gasteiger partial charge < -0.3 is 40.0 Å². The number of phenolic OH excluding ortho intramolecular Hbond substituents is 2. The number of rotatable bonds is 9. The standard InChI is InChI=1S/C31H34FN3O8.ClH/c1-35(2)21-11-12-22(36)26(27(21)32)28(37)17-7-9-18(10-8-17)31(40)43-23-6-5-13-33-16-20(23)34-30(39)19-14-24(41-3)29(38)25(15-19)42-4;/h7-12,14-15,20,23,33,36,38H,5-6,13,16H2,1-4H3,(H,34,39);1H/t20-,23-;/m1./s1. The Hall–Kier alpha value is -4.55. The lowest BCUT2D eigenvalue weighted by Gasteiger charge is -2.26. The minimum Gasteiger partial charge on any atom is -0.507 e. The van der Waals surface area contributed by atoms with E-state index in [0.29, 0.717) is 25.9 Å². The fourth-order valence-electron chi connectivity index (χ4n) is 4.80. The molecule has 11 nitrogen and oxygen atoms in total. The molecule has 0 saturated carbocycles. The third-order valence-corrected chi connectivity index (χ3v) is 7.16. The highest BCUT2D eigenvalue weighted by molar-refractivity contribution is 6.11. The van der Waals surface area contributed by atoms with Gasteiger partial charge in [-0.3, -0.25) is 9.59 Å². The number of anilines is 1. The first-order valence-corrected chi connectivity index (χ1v) is 13.6. The molecule has 0 aromatic heterocycles. The molecular weight excluding hydrogens is 597 g/mol. The van der Waals surface area contributed by atoms with Gasteiger partial charge in [0.25, 0.3) is 5.91 Å². The first-order chi connectivity index (χ1) is 20.5. The van der Waals surface area contributed by atoms with Crippen molar-refractivity contribution < 1.29 is 43.2 Å². The van der Waals surface area contributed by atoms with Gasteiger partial charge in [-0.05, 0) is 55.8 Å². The van der Waals surface area contributed by atoms with Gasteiger partial charge in [-0.2, -0.15) is 0 Å². The SMILES string of the molecule is COc1cc(C(=O)N[C@@H]2CNCCC[C@H]2OC(=O)c2ccc(C(=O)c3c(O)ccc(N(C)C)c3F)cc2)cc(OC)c1O.Cl. The first kappa shape index (κ1) is 33.9. The number of phenols is 2. The van der Waals surface area contributed by atoms with E-state index in [4.69, 9.17) is 14.2 Å². The molecule has 0 radical (unpaired) electrons. The highest BCUT2D eigenvalue weighted by Crippen LogP contribution is 2.37. The molecule has 1 amide bonds. The van der Waals surface area contributed by atoms with Crippen LogP contribution in [0, 0.1) is 5.82 Å². The van der Waals surface area contributed by atoms with Crippen molar-refractivity contribution in [2.75, 3.05) is 46.3 Å². The Balaban J connectivity index is 0.00000529. The summed E-state index contributed by atoms with van der Waals surface area (Å²) in [4.78, 5) is 40.8. The summed E-state index contributed by atoms with van der Waals surface area (Å²) < 4.78 is 31.1. The molecule has 44 heavy (non-hydrogen) atoms. The monoisotopic (exact) mass is 631 g/mol. The van der Waals surface area contributed by atoms with Crippen LogP contribution >= 0.6 is 12.4 Å². The van der Waals surface area contributed by atoms with Crippen LogP contribution in [0.1, 0.15) is 49.5 Å². The Labute approximate surface area is 260 Å². The Morgan fingerprint density at radius 1 is 0.955 bits per heavy atom. The first-order valence-electron chi connectivity index (χ1n) is 13.6. The zero-order valence-electron chi connectivity index (χ0n) is 24.7. The van der Waals surface area contributed by atoms with E-state index in [0.717, 1.165) is 0 Å². The van der Waals surface area contributed by atoms with E-state index < -0.39 is 46.9 Å². The molecule has 1 aliphatic heterocycles. The van der Waals surface area contributed by atoms with E-state index in [-0.39, 0.29) is 52.0 Å². The Morgan fingerprint density at radius 3 is 2.16 bits per heavy atom. The molecule has 1 fully saturated rings. The number of nitrogens with zero attached hydrogens (tertiary/aromatic N) is 1. The highest BCUT2D eigenvalue weighted by atomic mass is 35.5. The van der Waals surface area contributed by atoms with Crippen LogP contribution in [0.15, 0.2) is 48.5 Å². The van der Waals surface area contributed by atoms with Crippen LogP contribution in [0.2, 0.25) is 0 Å². The summed E-state index contributed by atoms with van der Waals surface area (Å²) in [6.07, 6.45) is 0.497. The fraction of sp³-hybridized carbons (Fsp3) is 0.323. The van der Waals surface area contributed by atoms with Gasteiger partial charge in [-0.15, -0.1) is 12.4 Å². The minimum atomic E-state index is -0.849. The predicted molar refractivity (Wildman–Crippen MR) is 163 cm³/mol. The van der Waals surface area contributed by atoms with Gasteiger partial charge in [0.15, 0.2) is 23.1 Å². The van der Waals surface area contributed by atoms with Gasteiger partial charge in [-0.25, -0.2) is 9.18 Å². The van der Waals surface area contributed by atoms with Gasteiger partial charge >= 0.3 is 5.97 Å². The van der Waals surface area contributed by atoms with Crippen LogP contribution in [0.4, 0.5) is 10.1 Å². The predicted octanol–water partition coefficient (Wildman–Crippen LogP) is 3.68. The smallest absolute Gasteiger partial charge is 0.338 e. The van der Waals surface area contributed by atoms with Crippen molar-refractivity contribution in [3.05, 3.63) is 76.6 Å². The maximum atomic E-state index is 15.0. The number of carbonyl (C=O) groups excluding carboxylic acids is 3. The van der Waals surface area contributed by atoms with Gasteiger partial charge in [0.2, 0.25) is 5.75 Å². The summed E-state index contributed by atoms with van der Waals surface area (Å²) >= 11 is 0. The molecule has 0 spiro atoms. The summed E-state index contributed by atoms with van der Waals surface area (Å²) in [7, 11) is 5.94. The maximum absolute atomic E-state index is 15.0. The van der Waals surface area contributed by atoms with Crippen molar-refractivity contribution in [1.29, 1.82) is 0 Å². The second-order valence-corrected chi connectivity index (χ2v) is 10.2. The molecule has 4 rings (SSSR count). The molecule has 13 heteroatoms. The largest absolute Gasteiger partial charge is 0.507 e. The summed E-state index contributed by atoms with van der Waals surface area (Å²) in [5.41, 5.74) is 0.0861. The van der Waals surface area contributed by atoms with Crippen molar-refractivity contribution in [2.24, 2.45) is 0 Å². The molecule has 1 saturated heterocycles. The Bertz CT molecular complexity index is 1490. The molecule has 4 N–H and O–H groups in total. The lowest BCUT2D eigenvalue weighted by Crippen LogP contribution is -2.49. The molecule has 0 bridgehead atoms. The van der Waals surface area contributed by atoms with Crippen LogP contribution in [0.25, 0.3) is 0 Å². The fourth-order valence-corrected chi connectivity index (χ4v) is 4.80. The Morgan fingerprint density at radius 2 is 1.57 bits per heavy atom. The summed E-state index contributed by atoms with van der Waals surface area (Å²) in [5.74, 6) is -3.33. The van der Waals surface area contributed by atoms with Crippen molar-refractivity contribution in [3.8, 4) is 23.0 Å².